The van der Waals surface area contributed by atoms with Crippen molar-refractivity contribution < 1.29 is 17.9 Å². The van der Waals surface area contributed by atoms with Gasteiger partial charge in [0.2, 0.25) is 0 Å². The molecule has 1 aromatic carbocycles. The van der Waals surface area contributed by atoms with E-state index in [-0.39, 0.29) is 23.2 Å². The van der Waals surface area contributed by atoms with Crippen LogP contribution < -0.4 is 10.1 Å². The van der Waals surface area contributed by atoms with Crippen molar-refractivity contribution in [1.82, 2.24) is 14.8 Å². The number of aryl methyl sites for hydroxylation is 1. The Morgan fingerprint density at radius 1 is 1.23 bits per heavy atom. The minimum absolute atomic E-state index is 0.0121. The molecule has 1 saturated heterocycles. The van der Waals surface area contributed by atoms with Crippen molar-refractivity contribution in [2.24, 2.45) is 0 Å². The van der Waals surface area contributed by atoms with Crippen LogP contribution in [0, 0.1) is 6.92 Å². The number of amides is 1. The zero-order chi connectivity index (χ0) is 21.3. The highest BCUT2D eigenvalue weighted by Crippen LogP contribution is 2.31. The van der Waals surface area contributed by atoms with Gasteiger partial charge in [-0.05, 0) is 55.3 Å². The Hall–Kier alpha value is -3.20. The molecule has 9 heteroatoms. The number of hydrogen-bond donors (Lipinski definition) is 1. The maximum absolute atomic E-state index is 12.8. The van der Waals surface area contributed by atoms with E-state index >= 15 is 0 Å². The van der Waals surface area contributed by atoms with Crippen LogP contribution in [0.3, 0.4) is 0 Å². The lowest BCUT2D eigenvalue weighted by molar-refractivity contribution is 0.102. The summed E-state index contributed by atoms with van der Waals surface area (Å²) >= 11 is 0. The predicted molar refractivity (Wildman–Crippen MR) is 113 cm³/mol. The molecule has 0 saturated carbocycles. The number of sulfone groups is 1. The third kappa shape index (κ3) is 4.06. The summed E-state index contributed by atoms with van der Waals surface area (Å²) in [5, 5.41) is 7.26. The summed E-state index contributed by atoms with van der Waals surface area (Å²) in [7, 11) is -1.52. The molecule has 2 aromatic heterocycles. The molecule has 0 bridgehead atoms. The molecule has 1 amide bonds. The summed E-state index contributed by atoms with van der Waals surface area (Å²) in [5.74, 6) is 0.904. The number of carbonyl (C=O) groups excluding carboxylic acids is 1. The van der Waals surface area contributed by atoms with E-state index in [0.717, 1.165) is 11.1 Å². The average molecular weight is 426 g/mol. The number of hydrogen-bond acceptors (Lipinski definition) is 6. The molecule has 3 heterocycles. The lowest BCUT2D eigenvalue weighted by Crippen LogP contribution is -2.17. The van der Waals surface area contributed by atoms with Crippen molar-refractivity contribution >= 4 is 21.6 Å². The van der Waals surface area contributed by atoms with Gasteiger partial charge in [-0.25, -0.2) is 13.4 Å². The third-order valence-electron chi connectivity index (χ3n) is 5.15. The summed E-state index contributed by atoms with van der Waals surface area (Å²) in [5.41, 5.74) is 2.54. The van der Waals surface area contributed by atoms with Crippen LogP contribution in [0.15, 0.2) is 48.7 Å². The highest BCUT2D eigenvalue weighted by Gasteiger charge is 2.32. The van der Waals surface area contributed by atoms with Gasteiger partial charge < -0.3 is 10.1 Å². The maximum Gasteiger partial charge on any atom is 0.277 e. The molecule has 8 nitrogen and oxygen atoms in total. The summed E-state index contributed by atoms with van der Waals surface area (Å²) < 4.78 is 30.9. The largest absolute Gasteiger partial charge is 0.497 e. The Morgan fingerprint density at radius 3 is 2.63 bits per heavy atom. The molecule has 0 radical (unpaired) electrons. The van der Waals surface area contributed by atoms with Crippen molar-refractivity contribution in [3.63, 3.8) is 0 Å². The van der Waals surface area contributed by atoms with Crippen molar-refractivity contribution in [3.05, 3.63) is 59.9 Å². The van der Waals surface area contributed by atoms with Gasteiger partial charge in [-0.1, -0.05) is 6.07 Å². The highest BCUT2D eigenvalue weighted by atomic mass is 32.2. The number of ether oxygens (including phenoxy) is 1. The van der Waals surface area contributed by atoms with E-state index < -0.39 is 15.7 Å². The molecule has 1 aliphatic heterocycles. The summed E-state index contributed by atoms with van der Waals surface area (Å²) in [6, 6.07) is 12.4. The summed E-state index contributed by atoms with van der Waals surface area (Å²) in [6.45, 7) is 1.85. The zero-order valence-electron chi connectivity index (χ0n) is 16.7. The Bertz CT molecular complexity index is 1190. The van der Waals surface area contributed by atoms with Gasteiger partial charge in [0.1, 0.15) is 11.6 Å². The lowest BCUT2D eigenvalue weighted by Gasteiger charge is -2.13. The van der Waals surface area contributed by atoms with Crippen LogP contribution in [0.4, 0.5) is 5.82 Å². The second kappa shape index (κ2) is 7.91. The van der Waals surface area contributed by atoms with Crippen molar-refractivity contribution in [1.29, 1.82) is 0 Å². The molecule has 3 aromatic rings. The minimum atomic E-state index is -3.11. The van der Waals surface area contributed by atoms with E-state index in [0.29, 0.717) is 23.7 Å². The van der Waals surface area contributed by atoms with Crippen LogP contribution in [0.2, 0.25) is 0 Å². The molecular formula is C21H22N4O4S. The highest BCUT2D eigenvalue weighted by molar-refractivity contribution is 7.91. The quantitative estimate of drug-likeness (QED) is 0.673. The number of methoxy groups -OCH3 is 1. The van der Waals surface area contributed by atoms with Crippen LogP contribution in [0.5, 0.6) is 5.75 Å². The van der Waals surface area contributed by atoms with E-state index in [9.17, 15) is 13.2 Å². The van der Waals surface area contributed by atoms with Crippen LogP contribution in [-0.2, 0) is 9.84 Å². The molecule has 30 heavy (non-hydrogen) atoms. The molecule has 1 aliphatic rings. The van der Waals surface area contributed by atoms with Gasteiger partial charge in [0.15, 0.2) is 15.5 Å². The summed E-state index contributed by atoms with van der Waals surface area (Å²) in [6.07, 6.45) is 2.07. The Balaban J connectivity index is 1.71. The zero-order valence-corrected chi connectivity index (χ0v) is 17.5. The number of aromatic nitrogens is 3. The van der Waals surface area contributed by atoms with Gasteiger partial charge in [-0.3, -0.25) is 9.48 Å². The molecule has 1 N–H and O–H groups in total. The van der Waals surface area contributed by atoms with Gasteiger partial charge in [-0.2, -0.15) is 5.10 Å². The number of rotatable bonds is 5. The Labute approximate surface area is 174 Å². The smallest absolute Gasteiger partial charge is 0.277 e. The van der Waals surface area contributed by atoms with E-state index in [1.165, 1.54) is 0 Å². The van der Waals surface area contributed by atoms with Crippen molar-refractivity contribution in [2.75, 3.05) is 23.9 Å². The Morgan fingerprint density at radius 2 is 2.00 bits per heavy atom. The topological polar surface area (TPSA) is 103 Å². The maximum atomic E-state index is 12.8. The number of anilines is 1. The first-order valence-corrected chi connectivity index (χ1v) is 11.4. The van der Waals surface area contributed by atoms with Gasteiger partial charge in [0, 0.05) is 11.8 Å². The van der Waals surface area contributed by atoms with Gasteiger partial charge in [-0.15, -0.1) is 0 Å². The van der Waals surface area contributed by atoms with E-state index in [1.807, 2.05) is 37.3 Å². The number of nitrogens with zero attached hydrogens (tertiary/aromatic N) is 3. The molecule has 0 unspecified atom stereocenters. The second-order valence-corrected chi connectivity index (χ2v) is 9.50. The first-order chi connectivity index (χ1) is 14.4. The first-order valence-electron chi connectivity index (χ1n) is 9.53. The molecule has 4 rings (SSSR count). The number of benzene rings is 1. The standard InChI is InChI=1S/C21H22N4O4S/c1-14-4-3-10-22-20(14)23-21(26)18-12-19(15-5-7-17(29-2)8-6-15)25(24-18)16-9-11-30(27,28)13-16/h3-8,10,12,16H,9,11,13H2,1-2H3,(H,22,23,26)/t16-/m0/s1. The number of carbonyl (C=O) groups is 1. The van der Waals surface area contributed by atoms with Gasteiger partial charge >= 0.3 is 0 Å². The Kier molecular flexibility index (Phi) is 5.29. The van der Waals surface area contributed by atoms with Crippen LogP contribution in [0.1, 0.15) is 28.5 Å². The van der Waals surface area contributed by atoms with E-state index in [1.54, 1.807) is 30.1 Å². The molecule has 0 aliphatic carbocycles. The molecule has 156 valence electrons. The predicted octanol–water partition coefficient (Wildman–Crippen LogP) is 2.87. The van der Waals surface area contributed by atoms with Crippen molar-refractivity contribution in [3.8, 4) is 17.0 Å². The molecule has 1 atom stereocenters. The fourth-order valence-corrected chi connectivity index (χ4v) is 5.21. The second-order valence-electron chi connectivity index (χ2n) is 7.27. The van der Waals surface area contributed by atoms with Crippen LogP contribution in [-0.4, -0.2) is 47.7 Å². The first kappa shape index (κ1) is 20.1. The van der Waals surface area contributed by atoms with E-state index in [2.05, 4.69) is 15.4 Å². The number of pyridine rings is 1. The van der Waals surface area contributed by atoms with Crippen molar-refractivity contribution in [2.45, 2.75) is 19.4 Å². The number of nitrogens with one attached hydrogen (secondary N) is 1. The van der Waals surface area contributed by atoms with Gasteiger partial charge in [0.25, 0.3) is 5.91 Å². The molecule has 0 spiro atoms. The summed E-state index contributed by atoms with van der Waals surface area (Å²) in [4.78, 5) is 17.0. The van der Waals surface area contributed by atoms with Gasteiger partial charge in [0.05, 0.1) is 30.4 Å². The normalized spacial score (nSPS) is 17.6. The minimum Gasteiger partial charge on any atom is -0.497 e. The third-order valence-corrected chi connectivity index (χ3v) is 6.90. The lowest BCUT2D eigenvalue weighted by atomic mass is 10.1. The SMILES string of the molecule is COc1ccc(-c2cc(C(=O)Nc3ncccc3C)nn2[C@H]2CCS(=O)(=O)C2)cc1. The fraction of sp³-hybridized carbons (Fsp3) is 0.286. The van der Waals surface area contributed by atoms with Crippen LogP contribution in [0.25, 0.3) is 11.3 Å². The van der Waals surface area contributed by atoms with E-state index in [4.69, 9.17) is 4.74 Å². The monoisotopic (exact) mass is 426 g/mol. The average Bonchev–Trinajstić information content (AvgIpc) is 3.33. The fourth-order valence-electron chi connectivity index (χ4n) is 3.52. The molecule has 1 fully saturated rings. The molecular weight excluding hydrogens is 404 g/mol. The van der Waals surface area contributed by atoms with Crippen LogP contribution >= 0.6 is 0 Å².